The van der Waals surface area contributed by atoms with Crippen molar-refractivity contribution in [1.82, 2.24) is 4.57 Å². The maximum absolute atomic E-state index is 13.1. The van der Waals surface area contributed by atoms with Gasteiger partial charge in [-0.1, -0.05) is 11.8 Å². The van der Waals surface area contributed by atoms with Crippen LogP contribution in [0.5, 0.6) is 0 Å². The molecule has 1 aromatic carbocycles. The normalized spacial score (nSPS) is 15.8. The molecule has 1 aliphatic rings. The van der Waals surface area contributed by atoms with Crippen molar-refractivity contribution >= 4 is 39.9 Å². The number of hydrogen-bond acceptors (Lipinski definition) is 4. The summed E-state index contributed by atoms with van der Waals surface area (Å²) >= 11 is 2.56. The lowest BCUT2D eigenvalue weighted by molar-refractivity contribution is -0.673. The average Bonchev–Trinajstić information content (AvgIpc) is 3.19. The molecule has 164 valence electrons. The summed E-state index contributed by atoms with van der Waals surface area (Å²) in [5.41, 5.74) is 0.790. The molecule has 0 spiro atoms. The van der Waals surface area contributed by atoms with E-state index in [0.29, 0.717) is 26.7 Å². The van der Waals surface area contributed by atoms with Gasteiger partial charge in [-0.25, -0.2) is 4.57 Å². The SMILES string of the molecule is CCn1c(=O)/c(=C2\Sc3cc(C(F)(F)F)ccc3N2C)s/c1=C\c1cccc[n+]1C.[Cl-]. The Morgan fingerprint density at radius 2 is 1.94 bits per heavy atom. The third-order valence-electron chi connectivity index (χ3n) is 4.95. The summed E-state index contributed by atoms with van der Waals surface area (Å²) in [4.78, 5) is 15.4. The van der Waals surface area contributed by atoms with Gasteiger partial charge in [0.25, 0.3) is 5.56 Å². The zero-order chi connectivity index (χ0) is 21.6. The highest BCUT2D eigenvalue weighted by Crippen LogP contribution is 2.47. The van der Waals surface area contributed by atoms with E-state index in [1.54, 1.807) is 16.5 Å². The van der Waals surface area contributed by atoms with Crippen LogP contribution in [0, 0.1) is 0 Å². The minimum Gasteiger partial charge on any atom is -1.00 e. The van der Waals surface area contributed by atoms with E-state index in [-0.39, 0.29) is 18.0 Å². The third kappa shape index (κ3) is 4.26. The van der Waals surface area contributed by atoms with Gasteiger partial charge in [0.05, 0.1) is 11.3 Å². The summed E-state index contributed by atoms with van der Waals surface area (Å²) in [5, 5.41) is 0.651. The largest absolute Gasteiger partial charge is 1.00 e. The summed E-state index contributed by atoms with van der Waals surface area (Å²) in [6, 6.07) is 9.50. The molecule has 2 aromatic heterocycles. The fraction of sp³-hybridized carbons (Fsp3) is 0.238. The van der Waals surface area contributed by atoms with Gasteiger partial charge in [0.15, 0.2) is 6.20 Å². The monoisotopic (exact) mass is 485 g/mol. The highest BCUT2D eigenvalue weighted by Gasteiger charge is 2.33. The minimum absolute atomic E-state index is 0. The maximum Gasteiger partial charge on any atom is 0.416 e. The molecule has 10 heteroatoms. The molecule has 0 amide bonds. The number of anilines is 1. The number of halogens is 4. The molecule has 3 heterocycles. The van der Waals surface area contributed by atoms with Gasteiger partial charge in [-0.15, -0.1) is 11.3 Å². The van der Waals surface area contributed by atoms with Crippen LogP contribution in [-0.2, 0) is 19.8 Å². The lowest BCUT2D eigenvalue weighted by Crippen LogP contribution is -3.00. The number of benzene rings is 1. The average molecular weight is 486 g/mol. The van der Waals surface area contributed by atoms with Crippen LogP contribution in [0.2, 0.25) is 0 Å². The number of aromatic nitrogens is 2. The Bertz CT molecular complexity index is 1310. The Hall–Kier alpha value is -2.23. The van der Waals surface area contributed by atoms with E-state index in [0.717, 1.165) is 22.5 Å². The molecule has 0 fully saturated rings. The second kappa shape index (κ2) is 8.72. The predicted octanol–water partition coefficient (Wildman–Crippen LogP) is -0.0864. The van der Waals surface area contributed by atoms with Gasteiger partial charge < -0.3 is 17.3 Å². The Morgan fingerprint density at radius 3 is 2.58 bits per heavy atom. The van der Waals surface area contributed by atoms with Gasteiger partial charge in [-0.05, 0) is 31.2 Å². The van der Waals surface area contributed by atoms with Gasteiger partial charge in [0, 0.05) is 36.7 Å². The van der Waals surface area contributed by atoms with Crippen molar-refractivity contribution in [2.24, 2.45) is 7.05 Å². The number of rotatable bonds is 2. The Kier molecular flexibility index (Phi) is 6.59. The van der Waals surface area contributed by atoms with Crippen molar-refractivity contribution < 1.29 is 30.1 Å². The van der Waals surface area contributed by atoms with Gasteiger partial charge in [0.2, 0.25) is 5.69 Å². The van der Waals surface area contributed by atoms with E-state index >= 15 is 0 Å². The molecule has 1 aliphatic heterocycles. The number of pyridine rings is 1. The molecule has 0 aliphatic carbocycles. The first-order valence-corrected chi connectivity index (χ1v) is 10.9. The molecule has 0 radical (unpaired) electrons. The molecule has 0 saturated heterocycles. The summed E-state index contributed by atoms with van der Waals surface area (Å²) < 4.78 is 44.3. The zero-order valence-electron chi connectivity index (χ0n) is 16.9. The highest BCUT2D eigenvalue weighted by molar-refractivity contribution is 8.08. The van der Waals surface area contributed by atoms with E-state index in [2.05, 4.69) is 0 Å². The number of alkyl halides is 3. The Labute approximate surface area is 191 Å². The van der Waals surface area contributed by atoms with Crippen molar-refractivity contribution in [3.63, 3.8) is 0 Å². The zero-order valence-corrected chi connectivity index (χ0v) is 19.3. The molecule has 0 bridgehead atoms. The van der Waals surface area contributed by atoms with E-state index < -0.39 is 11.7 Å². The topological polar surface area (TPSA) is 29.1 Å². The van der Waals surface area contributed by atoms with Crippen molar-refractivity contribution in [1.29, 1.82) is 0 Å². The van der Waals surface area contributed by atoms with Gasteiger partial charge >= 0.3 is 6.18 Å². The first kappa shape index (κ1) is 23.4. The van der Waals surface area contributed by atoms with Crippen LogP contribution >= 0.6 is 23.1 Å². The third-order valence-corrected chi connectivity index (χ3v) is 7.42. The fourth-order valence-corrected chi connectivity index (χ4v) is 5.81. The molecular weight excluding hydrogens is 467 g/mol. The number of aryl methyl sites for hydroxylation is 1. The summed E-state index contributed by atoms with van der Waals surface area (Å²) in [5.74, 6) is 0. The molecule has 0 saturated carbocycles. The second-order valence-electron chi connectivity index (χ2n) is 6.85. The molecule has 4 nitrogen and oxygen atoms in total. The van der Waals surface area contributed by atoms with Crippen LogP contribution in [0.15, 0.2) is 52.3 Å². The van der Waals surface area contributed by atoms with Crippen LogP contribution in [0.4, 0.5) is 18.9 Å². The summed E-state index contributed by atoms with van der Waals surface area (Å²) in [6.45, 7) is 2.41. The quantitative estimate of drug-likeness (QED) is 0.475. The number of nitrogens with zero attached hydrogens (tertiary/aromatic N) is 3. The second-order valence-corrected chi connectivity index (χ2v) is 8.91. The standard InChI is InChI=1S/C21H19F3N3OS2.ClH/c1-4-27-17(12-14-7-5-6-10-25(14)2)30-18(19(27)28)20-26(3)15-9-8-13(21(22,23)24)11-16(15)29-20;/h5-12H,4H2,1-3H3;1H/q+1;/p-1/b20-18+;. The van der Waals surface area contributed by atoms with Crippen molar-refractivity contribution in [2.45, 2.75) is 24.5 Å². The molecule has 31 heavy (non-hydrogen) atoms. The molecule has 0 N–H and O–H groups in total. The van der Waals surface area contributed by atoms with Crippen LogP contribution in [-0.4, -0.2) is 11.6 Å². The van der Waals surface area contributed by atoms with Crippen molar-refractivity contribution in [3.8, 4) is 0 Å². The predicted molar refractivity (Wildman–Crippen MR) is 114 cm³/mol. The summed E-state index contributed by atoms with van der Waals surface area (Å²) in [7, 11) is 3.70. The van der Waals surface area contributed by atoms with Crippen LogP contribution in [0.25, 0.3) is 11.1 Å². The maximum atomic E-state index is 13.1. The van der Waals surface area contributed by atoms with E-state index in [1.807, 2.05) is 49.0 Å². The number of hydrogen-bond donors (Lipinski definition) is 0. The Balaban J connectivity index is 0.00000272. The molecular formula is C21H19ClF3N3OS2. The van der Waals surface area contributed by atoms with Crippen molar-refractivity contribution in [2.75, 3.05) is 11.9 Å². The number of fused-ring (bicyclic) bond motifs is 1. The van der Waals surface area contributed by atoms with Crippen molar-refractivity contribution in [3.05, 3.63) is 73.4 Å². The smallest absolute Gasteiger partial charge is 0.416 e. The lowest BCUT2D eigenvalue weighted by Gasteiger charge is -2.13. The number of thiazole rings is 1. The van der Waals surface area contributed by atoms with Crippen LogP contribution in [0.1, 0.15) is 18.2 Å². The first-order chi connectivity index (χ1) is 14.2. The molecule has 0 atom stereocenters. The van der Waals surface area contributed by atoms with Gasteiger partial charge in [-0.2, -0.15) is 13.2 Å². The van der Waals surface area contributed by atoms with Gasteiger partial charge in [-0.3, -0.25) is 9.36 Å². The van der Waals surface area contributed by atoms with Crippen LogP contribution < -0.4 is 36.6 Å². The molecule has 0 unspecified atom stereocenters. The van der Waals surface area contributed by atoms with Gasteiger partial charge in [0.1, 0.15) is 21.3 Å². The number of thioether (sulfide) groups is 1. The Morgan fingerprint density at radius 1 is 1.19 bits per heavy atom. The summed E-state index contributed by atoms with van der Waals surface area (Å²) in [6.07, 6.45) is -0.519. The van der Waals surface area contributed by atoms with E-state index in [4.69, 9.17) is 0 Å². The first-order valence-electron chi connectivity index (χ1n) is 9.24. The minimum atomic E-state index is -4.40. The lowest BCUT2D eigenvalue weighted by atomic mass is 10.2. The van der Waals surface area contributed by atoms with E-state index in [9.17, 15) is 18.0 Å². The molecule has 3 aromatic rings. The van der Waals surface area contributed by atoms with Crippen LogP contribution in [0.3, 0.4) is 0 Å². The highest BCUT2D eigenvalue weighted by atomic mass is 35.5. The fourth-order valence-electron chi connectivity index (χ4n) is 3.31. The van der Waals surface area contributed by atoms with E-state index in [1.165, 1.54) is 29.2 Å². The molecule has 4 rings (SSSR count).